The van der Waals surface area contributed by atoms with Gasteiger partial charge in [-0.3, -0.25) is 4.79 Å². The third-order valence-electron chi connectivity index (χ3n) is 12.8. The van der Waals surface area contributed by atoms with Crippen LogP contribution in [0.3, 0.4) is 0 Å². The van der Waals surface area contributed by atoms with Gasteiger partial charge < -0.3 is 23.4 Å². The average molecular weight is 757 g/mol. The zero-order chi connectivity index (χ0) is 39.0. The first-order valence-corrected chi connectivity index (χ1v) is 20.3. The SMILES string of the molecule is COCCc1cc2ccc3c(c2oc1=O)[C@@H]1OC(=O)C[C@@H]2C[C@H](c4ccccc4)C=C[C@@H]2c2ccc(cc2)CCC(=C(C)C)C(=O)O[C@@H]1[C@](C)(C1CCCC1)O3. The molecule has 2 bridgehead atoms. The lowest BCUT2D eigenvalue weighted by atomic mass is 9.72. The summed E-state index contributed by atoms with van der Waals surface area (Å²) in [6.07, 6.45) is 8.68. The first-order chi connectivity index (χ1) is 27.1. The summed E-state index contributed by atoms with van der Waals surface area (Å²) in [6, 6.07) is 24.5. The minimum absolute atomic E-state index is 0.00142. The maximum absolute atomic E-state index is 14.7. The van der Waals surface area contributed by atoms with Crippen LogP contribution >= 0.6 is 0 Å². The number of ether oxygens (including phenoxy) is 4. The highest BCUT2D eigenvalue weighted by Crippen LogP contribution is 2.52. The van der Waals surface area contributed by atoms with Gasteiger partial charge in [-0.15, -0.1) is 0 Å². The molecule has 0 N–H and O–H groups in total. The highest BCUT2D eigenvalue weighted by molar-refractivity contribution is 5.90. The Balaban J connectivity index is 1.27. The van der Waals surface area contributed by atoms with Crippen LogP contribution in [0.5, 0.6) is 5.75 Å². The number of rotatable bonds is 5. The van der Waals surface area contributed by atoms with Crippen molar-refractivity contribution < 1.29 is 33.0 Å². The van der Waals surface area contributed by atoms with Gasteiger partial charge in [-0.2, -0.15) is 0 Å². The van der Waals surface area contributed by atoms with Gasteiger partial charge in [0.05, 0.1) is 12.2 Å². The van der Waals surface area contributed by atoms with Gasteiger partial charge in [0.1, 0.15) is 16.9 Å². The van der Waals surface area contributed by atoms with E-state index in [-0.39, 0.29) is 35.7 Å². The first-order valence-electron chi connectivity index (χ1n) is 20.3. The minimum atomic E-state index is -1.09. The number of allylic oxidation sites excluding steroid dienone is 3. The fourth-order valence-electron chi connectivity index (χ4n) is 9.66. The van der Waals surface area contributed by atoms with Crippen LogP contribution in [-0.2, 0) is 36.6 Å². The summed E-state index contributed by atoms with van der Waals surface area (Å²) in [5, 5.41) is 0.659. The maximum Gasteiger partial charge on any atom is 0.339 e. The van der Waals surface area contributed by atoms with Crippen LogP contribution in [0.15, 0.2) is 105 Å². The molecule has 2 aliphatic carbocycles. The number of benzene rings is 3. The maximum atomic E-state index is 14.7. The second kappa shape index (κ2) is 15.9. The largest absolute Gasteiger partial charge is 0.483 e. The smallest absolute Gasteiger partial charge is 0.339 e. The van der Waals surface area contributed by atoms with Crippen molar-refractivity contribution >= 4 is 22.9 Å². The summed E-state index contributed by atoms with van der Waals surface area (Å²) in [5.41, 5.74) is 4.55. The molecule has 5 aliphatic rings. The molecular weight excluding hydrogens is 705 g/mol. The van der Waals surface area contributed by atoms with Gasteiger partial charge >= 0.3 is 17.6 Å². The van der Waals surface area contributed by atoms with Crippen molar-refractivity contribution in [1.29, 1.82) is 0 Å². The van der Waals surface area contributed by atoms with Crippen molar-refractivity contribution in [2.45, 2.75) is 108 Å². The summed E-state index contributed by atoms with van der Waals surface area (Å²) < 4.78 is 31.8. The van der Waals surface area contributed by atoms with E-state index in [2.05, 4.69) is 60.7 Å². The summed E-state index contributed by atoms with van der Waals surface area (Å²) in [4.78, 5) is 42.7. The molecule has 56 heavy (non-hydrogen) atoms. The van der Waals surface area contributed by atoms with Gasteiger partial charge in [-0.25, -0.2) is 9.59 Å². The Morgan fingerprint density at radius 1 is 0.875 bits per heavy atom. The van der Waals surface area contributed by atoms with E-state index in [4.69, 9.17) is 23.4 Å². The Labute approximate surface area is 328 Å². The number of hydrogen-bond acceptors (Lipinski definition) is 8. The van der Waals surface area contributed by atoms with Crippen molar-refractivity contribution in [3.05, 3.63) is 134 Å². The Hall–Kier alpha value is -4.95. The number of methoxy groups -OCH3 is 1. The highest BCUT2D eigenvalue weighted by Gasteiger charge is 2.57. The third kappa shape index (κ3) is 7.36. The van der Waals surface area contributed by atoms with Crippen LogP contribution in [0.1, 0.15) is 111 Å². The lowest BCUT2D eigenvalue weighted by Gasteiger charge is -2.48. The van der Waals surface area contributed by atoms with Gasteiger partial charge in [-0.05, 0) is 93.7 Å². The molecule has 9 rings (SSSR count). The third-order valence-corrected chi connectivity index (χ3v) is 12.8. The van der Waals surface area contributed by atoms with Gasteiger partial charge in [0.25, 0.3) is 0 Å². The van der Waals surface area contributed by atoms with Gasteiger partial charge in [0, 0.05) is 54.2 Å². The van der Waals surface area contributed by atoms with Crippen LogP contribution in [0.4, 0.5) is 0 Å². The molecule has 3 aliphatic heterocycles. The van der Waals surface area contributed by atoms with E-state index >= 15 is 0 Å². The van der Waals surface area contributed by atoms with Crippen molar-refractivity contribution in [2.24, 2.45) is 11.8 Å². The van der Waals surface area contributed by atoms with Gasteiger partial charge in [0.15, 0.2) is 12.2 Å². The monoisotopic (exact) mass is 756 g/mol. The molecule has 0 radical (unpaired) electrons. The summed E-state index contributed by atoms with van der Waals surface area (Å²) in [6.45, 7) is 6.22. The quantitative estimate of drug-likeness (QED) is 0.0859. The standard InChI is InChI=1S/C48H52O8/c1-29(2)38-21-16-30-14-17-32(18-15-30)39-22-19-33(31-10-6-5-7-11-31)26-36(39)28-41(49)53-44-42-40(23-20-34-27-35(24-25-52-4)46(50)54-43(34)42)56-48(3,37-12-8-9-13-37)45(44)55-47(38)51/h5-7,10-11,14-15,17-20,22-23,27,33,36-37,39,44-45H,8-9,12-13,16,21,24-26,28H2,1-4H3/t33-,36+,39-,44+,45+,48+/m1/s1. The van der Waals surface area contributed by atoms with Crippen LogP contribution in [0.2, 0.25) is 0 Å². The molecule has 1 fully saturated rings. The fourth-order valence-corrected chi connectivity index (χ4v) is 9.66. The molecule has 3 aromatic carbocycles. The second-order valence-electron chi connectivity index (χ2n) is 16.5. The molecule has 8 heteroatoms. The number of carbonyl (C=O) groups is 2. The summed E-state index contributed by atoms with van der Waals surface area (Å²) in [7, 11) is 1.59. The molecule has 292 valence electrons. The van der Waals surface area contributed by atoms with E-state index in [9.17, 15) is 14.4 Å². The van der Waals surface area contributed by atoms with Crippen molar-refractivity contribution in [1.82, 2.24) is 0 Å². The molecule has 6 atom stereocenters. The number of carbonyl (C=O) groups excluding carboxylic acids is 2. The van der Waals surface area contributed by atoms with Crippen LogP contribution in [0.25, 0.3) is 11.0 Å². The Kier molecular flexibility index (Phi) is 10.8. The minimum Gasteiger partial charge on any atom is -0.483 e. The fraction of sp³-hybridized carbons (Fsp3) is 0.438. The van der Waals surface area contributed by atoms with E-state index in [1.807, 2.05) is 39.0 Å². The zero-order valence-electron chi connectivity index (χ0n) is 32.9. The van der Waals surface area contributed by atoms with Gasteiger partial charge in [-0.1, -0.05) is 85.2 Å². The van der Waals surface area contributed by atoms with Crippen LogP contribution < -0.4 is 10.4 Å². The van der Waals surface area contributed by atoms with Crippen LogP contribution in [-0.4, -0.2) is 37.4 Å². The topological polar surface area (TPSA) is 101 Å². The molecule has 4 aromatic rings. The summed E-state index contributed by atoms with van der Waals surface area (Å²) in [5.74, 6) is -0.285. The molecule has 4 heterocycles. The van der Waals surface area contributed by atoms with Crippen molar-refractivity contribution in [3.63, 3.8) is 0 Å². The molecular formula is C48H52O8. The predicted molar refractivity (Wildman–Crippen MR) is 215 cm³/mol. The second-order valence-corrected chi connectivity index (χ2v) is 16.5. The van der Waals surface area contributed by atoms with E-state index in [1.54, 1.807) is 13.2 Å². The molecule has 1 aromatic heterocycles. The number of esters is 2. The van der Waals surface area contributed by atoms with Crippen molar-refractivity contribution in [3.8, 4) is 5.75 Å². The molecule has 0 amide bonds. The van der Waals surface area contributed by atoms with Crippen molar-refractivity contribution in [2.75, 3.05) is 13.7 Å². The molecule has 1 saturated carbocycles. The van der Waals surface area contributed by atoms with E-state index in [0.717, 1.165) is 48.8 Å². The van der Waals surface area contributed by atoms with E-state index < -0.39 is 35.4 Å². The Bertz CT molecular complexity index is 2210. The number of fused-ring (bicyclic) bond motifs is 11. The highest BCUT2D eigenvalue weighted by atomic mass is 16.6. The van der Waals surface area contributed by atoms with E-state index in [0.29, 0.717) is 53.7 Å². The molecule has 0 saturated heterocycles. The Morgan fingerprint density at radius 2 is 1.64 bits per heavy atom. The van der Waals surface area contributed by atoms with E-state index in [1.165, 1.54) is 5.56 Å². The first kappa shape index (κ1) is 37.9. The predicted octanol–water partition coefficient (Wildman–Crippen LogP) is 9.64. The molecule has 0 unspecified atom stereocenters. The van der Waals surface area contributed by atoms with Crippen LogP contribution in [0, 0.1) is 11.8 Å². The number of hydrogen-bond donors (Lipinski definition) is 0. The lowest BCUT2D eigenvalue weighted by Crippen LogP contribution is -2.58. The Morgan fingerprint density at radius 3 is 2.38 bits per heavy atom. The lowest BCUT2D eigenvalue weighted by molar-refractivity contribution is -0.199. The van der Waals surface area contributed by atoms with Gasteiger partial charge in [0.2, 0.25) is 0 Å². The average Bonchev–Trinajstić information content (AvgIpc) is 3.75. The summed E-state index contributed by atoms with van der Waals surface area (Å²) >= 11 is 0. The molecule has 8 nitrogen and oxygen atoms in total. The number of aryl methyl sites for hydroxylation is 1. The normalized spacial score (nSPS) is 26.9. The molecule has 0 spiro atoms. The zero-order valence-corrected chi connectivity index (χ0v) is 32.9.